The molecule has 3 heteroatoms. The van der Waals surface area contributed by atoms with E-state index in [9.17, 15) is 4.79 Å². The van der Waals surface area contributed by atoms with Crippen LogP contribution in [0.25, 0.3) is 0 Å². The van der Waals surface area contributed by atoms with Gasteiger partial charge in [0.15, 0.2) is 6.29 Å². The van der Waals surface area contributed by atoms with Gasteiger partial charge < -0.3 is 4.74 Å². The topological polar surface area (TPSA) is 39.2 Å². The van der Waals surface area contributed by atoms with Crippen molar-refractivity contribution in [2.75, 3.05) is 0 Å². The van der Waals surface area contributed by atoms with E-state index in [-0.39, 0.29) is 0 Å². The highest BCUT2D eigenvalue weighted by Gasteiger charge is 2.03. The first-order chi connectivity index (χ1) is 8.28. The van der Waals surface area contributed by atoms with E-state index >= 15 is 0 Å². The summed E-state index contributed by atoms with van der Waals surface area (Å²) in [6.07, 6.45) is 11.1. The number of nitrogens with zero attached hydrogens (tertiary/aromatic N) is 1. The molecular weight excluding hydrogens is 214 g/mol. The van der Waals surface area contributed by atoms with Crippen LogP contribution in [-0.2, 0) is 0 Å². The van der Waals surface area contributed by atoms with Crippen LogP contribution in [0.5, 0.6) is 5.75 Å². The Bertz CT molecular complexity index is 513. The molecule has 17 heavy (non-hydrogen) atoms. The Morgan fingerprint density at radius 1 is 1.47 bits per heavy atom. The number of hydrogen-bond donors (Lipinski definition) is 0. The smallest absolute Gasteiger partial charge is 0.168 e. The third kappa shape index (κ3) is 3.14. The van der Waals surface area contributed by atoms with Crippen LogP contribution >= 0.6 is 0 Å². The molecule has 0 fully saturated rings. The molecule has 0 spiro atoms. The van der Waals surface area contributed by atoms with Gasteiger partial charge in [0.05, 0.1) is 0 Å². The molecule has 0 saturated heterocycles. The molecule has 1 aliphatic rings. The molecule has 0 radical (unpaired) electrons. The largest absolute Gasteiger partial charge is 0.461 e. The summed E-state index contributed by atoms with van der Waals surface area (Å²) >= 11 is 0. The monoisotopic (exact) mass is 227 g/mol. The quantitative estimate of drug-likeness (QED) is 0.745. The second-order valence-electron chi connectivity index (χ2n) is 3.79. The fraction of sp³-hybridized carbons (Fsp3) is 0.143. The number of aldehydes is 1. The number of allylic oxidation sites excluding steroid dienone is 5. The molecule has 1 aromatic heterocycles. The lowest BCUT2D eigenvalue weighted by atomic mass is 10.2. The first-order valence-corrected chi connectivity index (χ1v) is 5.41. The first-order valence-electron chi connectivity index (χ1n) is 5.41. The van der Waals surface area contributed by atoms with Crippen molar-refractivity contribution in [1.82, 2.24) is 4.98 Å². The summed E-state index contributed by atoms with van der Waals surface area (Å²) in [6, 6.07) is 3.36. The highest BCUT2D eigenvalue weighted by atomic mass is 16.5. The normalized spacial score (nSPS) is 14.6. The summed E-state index contributed by atoms with van der Waals surface area (Å²) in [5.41, 5.74) is 1.51. The lowest BCUT2D eigenvalue weighted by Crippen LogP contribution is -1.96. The molecule has 0 N–H and O–H groups in total. The Balaban J connectivity index is 2.17. The van der Waals surface area contributed by atoms with Gasteiger partial charge in [-0.25, -0.2) is 0 Å². The zero-order valence-electron chi connectivity index (χ0n) is 9.59. The third-order valence-electron chi connectivity index (χ3n) is 2.33. The van der Waals surface area contributed by atoms with Crippen molar-refractivity contribution in [2.24, 2.45) is 0 Å². The second-order valence-corrected chi connectivity index (χ2v) is 3.79. The van der Waals surface area contributed by atoms with Gasteiger partial charge >= 0.3 is 0 Å². The number of pyridine rings is 1. The summed E-state index contributed by atoms with van der Waals surface area (Å²) in [5.74, 6) is 1.49. The summed E-state index contributed by atoms with van der Waals surface area (Å²) in [7, 11) is 0. The van der Waals surface area contributed by atoms with Gasteiger partial charge in [-0.1, -0.05) is 18.2 Å². The standard InChI is InChI=1S/C14H13NO2/c1-11-4-2-3-5-13(8-11)17-14-6-7-15-12(9-14)10-16/h2-4,6-10H,5H2,1H3. The maximum absolute atomic E-state index is 10.6. The van der Waals surface area contributed by atoms with E-state index in [0.717, 1.165) is 17.8 Å². The van der Waals surface area contributed by atoms with E-state index in [2.05, 4.69) is 4.98 Å². The second kappa shape index (κ2) is 5.25. The van der Waals surface area contributed by atoms with Crippen molar-refractivity contribution in [1.29, 1.82) is 0 Å². The maximum Gasteiger partial charge on any atom is 0.168 e. The van der Waals surface area contributed by atoms with Gasteiger partial charge in [-0.15, -0.1) is 0 Å². The van der Waals surface area contributed by atoms with Crippen molar-refractivity contribution in [3.05, 3.63) is 59.7 Å². The minimum atomic E-state index is 0.375. The van der Waals surface area contributed by atoms with Crippen LogP contribution in [0.1, 0.15) is 23.8 Å². The Labute approximate surface area is 100 Å². The average Bonchev–Trinajstić information content (AvgIpc) is 2.54. The molecular formula is C14H13NO2. The summed E-state index contributed by atoms with van der Waals surface area (Å²) < 4.78 is 5.72. The molecule has 0 amide bonds. The van der Waals surface area contributed by atoms with Gasteiger partial charge in [0, 0.05) is 18.7 Å². The van der Waals surface area contributed by atoms with Gasteiger partial charge in [0.25, 0.3) is 0 Å². The molecule has 0 unspecified atom stereocenters. The highest BCUT2D eigenvalue weighted by Crippen LogP contribution is 2.18. The van der Waals surface area contributed by atoms with Gasteiger partial charge in [-0.05, 0) is 24.6 Å². The van der Waals surface area contributed by atoms with Crippen LogP contribution in [0, 0.1) is 0 Å². The van der Waals surface area contributed by atoms with Gasteiger partial charge in [-0.2, -0.15) is 0 Å². The van der Waals surface area contributed by atoms with E-state index in [1.165, 1.54) is 0 Å². The van der Waals surface area contributed by atoms with Crippen molar-refractivity contribution < 1.29 is 9.53 Å². The van der Waals surface area contributed by atoms with E-state index < -0.39 is 0 Å². The SMILES string of the molecule is CC1=CC=CCC(Oc2ccnc(C=O)c2)=C1. The maximum atomic E-state index is 10.6. The van der Waals surface area contributed by atoms with Crippen LogP contribution in [0.3, 0.4) is 0 Å². The predicted molar refractivity (Wildman–Crippen MR) is 65.8 cm³/mol. The van der Waals surface area contributed by atoms with Crippen LogP contribution in [0.2, 0.25) is 0 Å². The molecule has 1 aliphatic carbocycles. The number of hydrogen-bond acceptors (Lipinski definition) is 3. The van der Waals surface area contributed by atoms with Crippen molar-refractivity contribution >= 4 is 6.29 Å². The van der Waals surface area contributed by atoms with Gasteiger partial charge in [-0.3, -0.25) is 9.78 Å². The van der Waals surface area contributed by atoms with E-state index in [1.807, 2.05) is 31.2 Å². The third-order valence-corrected chi connectivity index (χ3v) is 2.33. The lowest BCUT2D eigenvalue weighted by molar-refractivity contribution is 0.111. The number of aromatic nitrogens is 1. The Morgan fingerprint density at radius 3 is 3.18 bits per heavy atom. The van der Waals surface area contributed by atoms with Gasteiger partial charge in [0.1, 0.15) is 17.2 Å². The fourth-order valence-electron chi connectivity index (χ4n) is 1.54. The molecule has 0 atom stereocenters. The molecule has 1 heterocycles. The Morgan fingerprint density at radius 2 is 2.35 bits per heavy atom. The van der Waals surface area contributed by atoms with Crippen LogP contribution in [0.4, 0.5) is 0 Å². The van der Waals surface area contributed by atoms with E-state index in [0.29, 0.717) is 17.7 Å². The Hall–Kier alpha value is -2.16. The number of rotatable bonds is 3. The molecule has 1 aromatic rings. The highest BCUT2D eigenvalue weighted by molar-refractivity contribution is 5.72. The minimum absolute atomic E-state index is 0.375. The minimum Gasteiger partial charge on any atom is -0.461 e. The van der Waals surface area contributed by atoms with Crippen molar-refractivity contribution in [3.8, 4) is 5.75 Å². The zero-order chi connectivity index (χ0) is 12.1. The van der Waals surface area contributed by atoms with E-state index in [1.54, 1.807) is 18.3 Å². The summed E-state index contributed by atoms with van der Waals surface area (Å²) in [6.45, 7) is 2.02. The van der Waals surface area contributed by atoms with Crippen LogP contribution < -0.4 is 4.74 Å². The number of ether oxygens (including phenoxy) is 1. The zero-order valence-corrected chi connectivity index (χ0v) is 9.59. The molecule has 0 aliphatic heterocycles. The number of carbonyl (C=O) groups is 1. The van der Waals surface area contributed by atoms with Crippen molar-refractivity contribution in [3.63, 3.8) is 0 Å². The van der Waals surface area contributed by atoms with Crippen LogP contribution in [-0.4, -0.2) is 11.3 Å². The predicted octanol–water partition coefficient (Wildman–Crippen LogP) is 3.06. The van der Waals surface area contributed by atoms with E-state index in [4.69, 9.17) is 4.74 Å². The molecule has 3 nitrogen and oxygen atoms in total. The fourth-order valence-corrected chi connectivity index (χ4v) is 1.54. The van der Waals surface area contributed by atoms with Crippen LogP contribution in [0.15, 0.2) is 54.0 Å². The molecule has 2 rings (SSSR count). The lowest BCUT2D eigenvalue weighted by Gasteiger charge is -2.08. The molecule has 0 bridgehead atoms. The average molecular weight is 227 g/mol. The summed E-state index contributed by atoms with van der Waals surface area (Å²) in [5, 5.41) is 0. The molecule has 86 valence electrons. The molecule has 0 saturated carbocycles. The molecule has 0 aromatic carbocycles. The Kier molecular flexibility index (Phi) is 3.50. The van der Waals surface area contributed by atoms with Crippen molar-refractivity contribution in [2.45, 2.75) is 13.3 Å². The van der Waals surface area contributed by atoms with Gasteiger partial charge in [0.2, 0.25) is 0 Å². The first kappa shape index (κ1) is 11.3. The number of carbonyl (C=O) groups excluding carboxylic acids is 1. The summed E-state index contributed by atoms with van der Waals surface area (Å²) in [4.78, 5) is 14.5.